The molecule has 0 aromatic heterocycles. The van der Waals surface area contributed by atoms with Crippen LogP contribution in [-0.4, -0.2) is 51.6 Å². The first kappa shape index (κ1) is 21.7. The molecule has 0 aliphatic carbocycles. The first-order chi connectivity index (χ1) is 13.1. The molecule has 1 aliphatic heterocycles. The van der Waals surface area contributed by atoms with Crippen molar-refractivity contribution < 1.29 is 23.0 Å². The van der Waals surface area contributed by atoms with Gasteiger partial charge in [-0.2, -0.15) is 8.78 Å². The van der Waals surface area contributed by atoms with Crippen LogP contribution >= 0.6 is 11.6 Å². The van der Waals surface area contributed by atoms with Gasteiger partial charge in [-0.3, -0.25) is 0 Å². The molecule has 1 aromatic rings. The Hall–Kier alpha value is -1.64. The van der Waals surface area contributed by atoms with Crippen LogP contribution in [-0.2, 0) is 16.0 Å². The van der Waals surface area contributed by atoms with Gasteiger partial charge in [0.15, 0.2) is 5.96 Å². The van der Waals surface area contributed by atoms with Gasteiger partial charge in [0.2, 0.25) is 0 Å². The third kappa shape index (κ3) is 8.28. The van der Waals surface area contributed by atoms with Crippen LogP contribution < -0.4 is 15.4 Å². The predicted molar refractivity (Wildman–Crippen MR) is 101 cm³/mol. The number of halogens is 3. The minimum Gasteiger partial charge on any atom is -0.434 e. The second-order valence-electron chi connectivity index (χ2n) is 5.96. The number of ether oxygens (including phenoxy) is 3. The van der Waals surface area contributed by atoms with Gasteiger partial charge in [0, 0.05) is 30.3 Å². The van der Waals surface area contributed by atoms with Crippen LogP contribution in [0.4, 0.5) is 8.78 Å². The average molecular weight is 406 g/mol. The van der Waals surface area contributed by atoms with E-state index in [1.165, 1.54) is 12.1 Å². The Balaban J connectivity index is 1.84. The highest BCUT2D eigenvalue weighted by molar-refractivity contribution is 6.30. The van der Waals surface area contributed by atoms with Gasteiger partial charge in [0.1, 0.15) is 5.75 Å². The molecule has 9 heteroatoms. The molecule has 0 bridgehead atoms. The molecule has 6 nitrogen and oxygen atoms in total. The number of hydrogen-bond acceptors (Lipinski definition) is 4. The minimum atomic E-state index is -2.90. The molecule has 0 saturated carbocycles. The Labute approximate surface area is 163 Å². The highest BCUT2D eigenvalue weighted by atomic mass is 35.5. The Morgan fingerprint density at radius 2 is 2.26 bits per heavy atom. The van der Waals surface area contributed by atoms with Crippen LogP contribution in [0.25, 0.3) is 0 Å². The fourth-order valence-corrected chi connectivity index (χ4v) is 2.82. The van der Waals surface area contributed by atoms with Crippen molar-refractivity contribution in [3.63, 3.8) is 0 Å². The molecule has 2 N–H and O–H groups in total. The van der Waals surface area contributed by atoms with Crippen molar-refractivity contribution in [2.75, 3.05) is 32.9 Å². The smallest absolute Gasteiger partial charge is 0.387 e. The maximum absolute atomic E-state index is 12.5. The summed E-state index contributed by atoms with van der Waals surface area (Å²) in [5, 5.41) is 6.67. The SMILES string of the molecule is CCNC(=NCc1cc(Cl)ccc1OC(F)F)NCCOCC1CCCO1. The molecular formula is C18H26ClF2N3O3. The highest BCUT2D eigenvalue weighted by Gasteiger charge is 2.15. The summed E-state index contributed by atoms with van der Waals surface area (Å²) < 4.78 is 40.7. The molecule has 1 aromatic carbocycles. The fourth-order valence-electron chi connectivity index (χ4n) is 2.62. The summed E-state index contributed by atoms with van der Waals surface area (Å²) >= 11 is 5.95. The molecule has 27 heavy (non-hydrogen) atoms. The molecule has 1 unspecified atom stereocenters. The Bertz CT molecular complexity index is 599. The van der Waals surface area contributed by atoms with Gasteiger partial charge in [0.05, 0.1) is 25.9 Å². The number of nitrogens with one attached hydrogen (secondary N) is 2. The number of guanidine groups is 1. The van der Waals surface area contributed by atoms with E-state index in [-0.39, 0.29) is 18.4 Å². The van der Waals surface area contributed by atoms with Gasteiger partial charge < -0.3 is 24.8 Å². The van der Waals surface area contributed by atoms with Crippen LogP contribution in [0.5, 0.6) is 5.75 Å². The van der Waals surface area contributed by atoms with Crippen molar-refractivity contribution in [3.05, 3.63) is 28.8 Å². The van der Waals surface area contributed by atoms with Gasteiger partial charge in [-0.25, -0.2) is 4.99 Å². The Morgan fingerprint density at radius 1 is 1.41 bits per heavy atom. The third-order valence-electron chi connectivity index (χ3n) is 3.86. The first-order valence-corrected chi connectivity index (χ1v) is 9.41. The molecular weight excluding hydrogens is 380 g/mol. The Morgan fingerprint density at radius 3 is 2.96 bits per heavy atom. The number of benzene rings is 1. The summed E-state index contributed by atoms with van der Waals surface area (Å²) in [7, 11) is 0. The Kier molecular flexibility index (Phi) is 9.58. The largest absolute Gasteiger partial charge is 0.434 e. The maximum atomic E-state index is 12.5. The second-order valence-corrected chi connectivity index (χ2v) is 6.40. The minimum absolute atomic E-state index is 0.0638. The first-order valence-electron chi connectivity index (χ1n) is 9.03. The van der Waals surface area contributed by atoms with Crippen molar-refractivity contribution in [1.29, 1.82) is 0 Å². The molecule has 1 heterocycles. The van der Waals surface area contributed by atoms with Gasteiger partial charge >= 0.3 is 6.61 Å². The third-order valence-corrected chi connectivity index (χ3v) is 4.09. The van der Waals surface area contributed by atoms with E-state index >= 15 is 0 Å². The van der Waals surface area contributed by atoms with Crippen LogP contribution in [0.1, 0.15) is 25.3 Å². The number of aliphatic imine (C=N–C) groups is 1. The number of alkyl halides is 2. The zero-order valence-corrected chi connectivity index (χ0v) is 16.1. The standard InChI is InChI=1S/C18H26ClF2N3O3/c1-2-22-18(23-7-9-25-12-15-4-3-8-26-15)24-11-13-10-14(19)5-6-16(13)27-17(20)21/h5-6,10,15,17H,2-4,7-9,11-12H2,1H3,(H2,22,23,24). The predicted octanol–water partition coefficient (Wildman–Crippen LogP) is 3.19. The average Bonchev–Trinajstić information content (AvgIpc) is 3.14. The van der Waals surface area contributed by atoms with Crippen LogP contribution in [0, 0.1) is 0 Å². The summed E-state index contributed by atoms with van der Waals surface area (Å²) in [6.45, 7) is 2.33. The lowest BCUT2D eigenvalue weighted by Crippen LogP contribution is -2.39. The van der Waals surface area contributed by atoms with Gasteiger partial charge in [0.25, 0.3) is 0 Å². The zero-order valence-electron chi connectivity index (χ0n) is 15.3. The second kappa shape index (κ2) is 11.9. The van der Waals surface area contributed by atoms with Crippen molar-refractivity contribution in [2.24, 2.45) is 4.99 Å². The van der Waals surface area contributed by atoms with Crippen LogP contribution in [0.2, 0.25) is 5.02 Å². The number of rotatable bonds is 10. The molecule has 0 amide bonds. The van der Waals surface area contributed by atoms with E-state index in [1.807, 2.05) is 6.92 Å². The van der Waals surface area contributed by atoms with E-state index in [0.717, 1.165) is 19.4 Å². The normalized spacial score (nSPS) is 17.4. The molecule has 0 spiro atoms. The lowest BCUT2D eigenvalue weighted by molar-refractivity contribution is -0.0504. The van der Waals surface area contributed by atoms with Crippen molar-refractivity contribution in [3.8, 4) is 5.75 Å². The summed E-state index contributed by atoms with van der Waals surface area (Å²) in [4.78, 5) is 4.40. The summed E-state index contributed by atoms with van der Waals surface area (Å²) in [6.07, 6.45) is 2.33. The quantitative estimate of drug-likeness (QED) is 0.355. The maximum Gasteiger partial charge on any atom is 0.387 e. The van der Waals surface area contributed by atoms with E-state index in [4.69, 9.17) is 21.1 Å². The van der Waals surface area contributed by atoms with E-state index in [0.29, 0.717) is 42.8 Å². The topological polar surface area (TPSA) is 64.1 Å². The van der Waals surface area contributed by atoms with E-state index in [1.54, 1.807) is 6.07 Å². The zero-order chi connectivity index (χ0) is 19.5. The van der Waals surface area contributed by atoms with Crippen molar-refractivity contribution in [2.45, 2.75) is 39.0 Å². The summed E-state index contributed by atoms with van der Waals surface area (Å²) in [5.74, 6) is 0.620. The molecule has 1 saturated heterocycles. The fraction of sp³-hybridized carbons (Fsp3) is 0.611. The van der Waals surface area contributed by atoms with E-state index < -0.39 is 6.61 Å². The monoisotopic (exact) mass is 405 g/mol. The molecule has 1 aliphatic rings. The molecule has 1 atom stereocenters. The van der Waals surface area contributed by atoms with Crippen molar-refractivity contribution in [1.82, 2.24) is 10.6 Å². The summed E-state index contributed by atoms with van der Waals surface area (Å²) in [6, 6.07) is 4.48. The molecule has 152 valence electrons. The number of hydrogen-bond donors (Lipinski definition) is 2. The van der Waals surface area contributed by atoms with Gasteiger partial charge in [-0.15, -0.1) is 0 Å². The molecule has 2 rings (SSSR count). The van der Waals surface area contributed by atoms with E-state index in [2.05, 4.69) is 20.4 Å². The summed E-state index contributed by atoms with van der Waals surface area (Å²) in [5.41, 5.74) is 0.481. The van der Waals surface area contributed by atoms with Gasteiger partial charge in [-0.05, 0) is 38.0 Å². The highest BCUT2D eigenvalue weighted by Crippen LogP contribution is 2.25. The van der Waals surface area contributed by atoms with Crippen LogP contribution in [0.15, 0.2) is 23.2 Å². The molecule has 0 radical (unpaired) electrons. The lowest BCUT2D eigenvalue weighted by Gasteiger charge is -2.14. The number of nitrogens with zero attached hydrogens (tertiary/aromatic N) is 1. The lowest BCUT2D eigenvalue weighted by atomic mass is 10.2. The molecule has 1 fully saturated rings. The van der Waals surface area contributed by atoms with Crippen LogP contribution in [0.3, 0.4) is 0 Å². The van der Waals surface area contributed by atoms with Gasteiger partial charge in [-0.1, -0.05) is 11.6 Å². The van der Waals surface area contributed by atoms with Crippen molar-refractivity contribution >= 4 is 17.6 Å². The van der Waals surface area contributed by atoms with E-state index in [9.17, 15) is 8.78 Å².